The second-order valence-corrected chi connectivity index (χ2v) is 17.6. The summed E-state index contributed by atoms with van der Waals surface area (Å²) in [5.41, 5.74) is 12.7. The number of hydrogen-bond acceptors (Lipinski definition) is 0. The van der Waals surface area contributed by atoms with E-state index in [-0.39, 0.29) is 0 Å². The molecule has 3 atom stereocenters. The summed E-state index contributed by atoms with van der Waals surface area (Å²) >= 11 is 0. The summed E-state index contributed by atoms with van der Waals surface area (Å²) in [7, 11) is 0. The molecule has 0 saturated heterocycles. The summed E-state index contributed by atoms with van der Waals surface area (Å²) < 4.78 is 0. The first-order valence-corrected chi connectivity index (χ1v) is 17.6. The summed E-state index contributed by atoms with van der Waals surface area (Å²) in [6.07, 6.45) is 27.1. The highest BCUT2D eigenvalue weighted by Crippen LogP contribution is 2.60. The molecule has 0 aromatic rings. The Hall–Kier alpha value is -1.56. The van der Waals surface area contributed by atoms with E-state index in [4.69, 9.17) is 0 Å². The van der Waals surface area contributed by atoms with Crippen LogP contribution in [0.1, 0.15) is 154 Å². The van der Waals surface area contributed by atoms with Gasteiger partial charge in [0.2, 0.25) is 0 Å². The van der Waals surface area contributed by atoms with E-state index in [0.717, 1.165) is 5.92 Å². The highest BCUT2D eigenvalue weighted by atomic mass is 14.5. The molecule has 0 saturated carbocycles. The molecule has 3 unspecified atom stereocenters. The van der Waals surface area contributed by atoms with Gasteiger partial charge in [0, 0.05) is 0 Å². The molecule has 0 heteroatoms. The van der Waals surface area contributed by atoms with Gasteiger partial charge < -0.3 is 0 Å². The monoisotopic (exact) mass is 571 g/mol. The summed E-state index contributed by atoms with van der Waals surface area (Å²) in [4.78, 5) is 0. The minimum atomic E-state index is 0.371. The number of hydrogen-bond donors (Lipinski definition) is 0. The van der Waals surface area contributed by atoms with Crippen molar-refractivity contribution in [2.45, 2.75) is 154 Å². The average molecular weight is 571 g/mol. The third kappa shape index (κ3) is 5.68. The summed E-state index contributed by atoms with van der Waals surface area (Å²) in [6.45, 7) is 31.2. The zero-order chi connectivity index (χ0) is 31.4. The molecule has 42 heavy (non-hydrogen) atoms. The van der Waals surface area contributed by atoms with E-state index >= 15 is 0 Å². The fourth-order valence-corrected chi connectivity index (χ4v) is 10.2. The maximum atomic E-state index is 2.45. The topological polar surface area (TPSA) is 0 Å². The maximum Gasteiger partial charge on any atom is -0.00701 e. The predicted octanol–water partition coefficient (Wildman–Crippen LogP) is 13.3. The van der Waals surface area contributed by atoms with Gasteiger partial charge in [-0.15, -0.1) is 0 Å². The predicted molar refractivity (Wildman–Crippen MR) is 187 cm³/mol. The molecule has 0 spiro atoms. The van der Waals surface area contributed by atoms with Crippen molar-refractivity contribution >= 4 is 0 Å². The van der Waals surface area contributed by atoms with Crippen LogP contribution in [0.3, 0.4) is 0 Å². The fourth-order valence-electron chi connectivity index (χ4n) is 10.2. The van der Waals surface area contributed by atoms with Crippen molar-refractivity contribution in [2.24, 2.45) is 38.4 Å². The zero-order valence-corrected chi connectivity index (χ0v) is 30.1. The van der Waals surface area contributed by atoms with Gasteiger partial charge in [0.05, 0.1) is 0 Å². The third-order valence-corrected chi connectivity index (χ3v) is 13.3. The van der Waals surface area contributed by atoms with Crippen molar-refractivity contribution in [1.29, 1.82) is 0 Å². The first-order valence-electron chi connectivity index (χ1n) is 17.6. The third-order valence-electron chi connectivity index (χ3n) is 13.3. The van der Waals surface area contributed by atoms with Gasteiger partial charge in [-0.25, -0.2) is 0 Å². The van der Waals surface area contributed by atoms with Crippen LogP contribution < -0.4 is 0 Å². The molecule has 234 valence electrons. The van der Waals surface area contributed by atoms with E-state index < -0.39 is 0 Å². The van der Waals surface area contributed by atoms with Crippen LogP contribution >= 0.6 is 0 Å². The lowest BCUT2D eigenvalue weighted by Crippen LogP contribution is -2.27. The lowest BCUT2D eigenvalue weighted by Gasteiger charge is -2.34. The lowest BCUT2D eigenvalue weighted by atomic mass is 9.69. The Kier molecular flexibility index (Phi) is 9.06. The van der Waals surface area contributed by atoms with Gasteiger partial charge in [-0.05, 0) is 119 Å². The van der Waals surface area contributed by atoms with E-state index in [0.29, 0.717) is 32.5 Å². The van der Waals surface area contributed by atoms with E-state index in [9.17, 15) is 0 Å². The van der Waals surface area contributed by atoms with Gasteiger partial charge in [-0.2, -0.15) is 0 Å². The normalized spacial score (nSPS) is 34.4. The maximum absolute atomic E-state index is 2.45. The van der Waals surface area contributed by atoms with Crippen LogP contribution in [0.25, 0.3) is 0 Å². The van der Waals surface area contributed by atoms with E-state index in [1.807, 2.05) is 0 Å². The first kappa shape index (κ1) is 33.3. The largest absolute Gasteiger partial charge is 0.0839 e. The average Bonchev–Trinajstić information content (AvgIpc) is 3.37. The molecule has 0 aliphatic heterocycles. The fraction of sp³-hybridized carbons (Fsp3) is 0.714. The minimum absolute atomic E-state index is 0.371. The molecule has 0 aromatic carbocycles. The van der Waals surface area contributed by atoms with Crippen LogP contribution in [-0.4, -0.2) is 0 Å². The Morgan fingerprint density at radius 2 is 0.976 bits per heavy atom. The lowest BCUT2D eigenvalue weighted by molar-refractivity contribution is 0.190. The van der Waals surface area contributed by atoms with Crippen molar-refractivity contribution in [1.82, 2.24) is 0 Å². The van der Waals surface area contributed by atoms with Crippen LogP contribution in [0.4, 0.5) is 0 Å². The molecule has 6 aliphatic rings. The van der Waals surface area contributed by atoms with Crippen molar-refractivity contribution in [3.63, 3.8) is 0 Å². The second kappa shape index (κ2) is 11.4. The van der Waals surface area contributed by atoms with Crippen molar-refractivity contribution < 1.29 is 0 Å². The second-order valence-electron chi connectivity index (χ2n) is 17.6. The van der Waals surface area contributed by atoms with Crippen LogP contribution in [0, 0.1) is 38.4 Å². The van der Waals surface area contributed by atoms with E-state index in [2.05, 4.69) is 126 Å². The molecule has 0 amide bonds. The minimum Gasteiger partial charge on any atom is -0.0839 e. The number of rotatable bonds is 2. The molecular formula is C42H66. The van der Waals surface area contributed by atoms with Gasteiger partial charge in [-0.3, -0.25) is 0 Å². The zero-order valence-electron chi connectivity index (χ0n) is 30.1. The van der Waals surface area contributed by atoms with Crippen molar-refractivity contribution in [3.05, 3.63) is 69.9 Å². The highest BCUT2D eigenvalue weighted by molar-refractivity contribution is 5.45. The molecular weight excluding hydrogens is 504 g/mol. The van der Waals surface area contributed by atoms with Crippen LogP contribution in [0.15, 0.2) is 69.9 Å². The molecule has 0 radical (unpaired) electrons. The SMILES string of the molecule is CC1C(C)(C)C2=C(CCC=C2)C1(C)C.CCC1(C)CC(C)(C)C2=C1C=CCC2.CCC1(C)CC(C)(C)C2=C1CCC=C2. The van der Waals surface area contributed by atoms with Gasteiger partial charge in [-0.1, -0.05) is 143 Å². The van der Waals surface area contributed by atoms with Crippen molar-refractivity contribution in [3.8, 4) is 0 Å². The molecule has 0 N–H and O–H groups in total. The molecule has 6 rings (SSSR count). The van der Waals surface area contributed by atoms with Crippen LogP contribution in [-0.2, 0) is 0 Å². The van der Waals surface area contributed by atoms with Gasteiger partial charge in [0.15, 0.2) is 0 Å². The first-order chi connectivity index (χ1) is 19.4. The smallest absolute Gasteiger partial charge is 0.00701 e. The van der Waals surface area contributed by atoms with E-state index in [1.54, 1.807) is 33.4 Å². The molecule has 0 aromatic heterocycles. The van der Waals surface area contributed by atoms with Gasteiger partial charge in [0.25, 0.3) is 0 Å². The Morgan fingerprint density at radius 3 is 1.50 bits per heavy atom. The van der Waals surface area contributed by atoms with E-state index in [1.165, 1.54) is 64.2 Å². The Morgan fingerprint density at radius 1 is 0.524 bits per heavy atom. The molecule has 0 heterocycles. The molecule has 0 nitrogen and oxygen atoms in total. The molecule has 6 aliphatic carbocycles. The van der Waals surface area contributed by atoms with Gasteiger partial charge >= 0.3 is 0 Å². The van der Waals surface area contributed by atoms with Gasteiger partial charge in [0.1, 0.15) is 0 Å². The van der Waals surface area contributed by atoms with Crippen molar-refractivity contribution in [2.75, 3.05) is 0 Å². The molecule has 0 bridgehead atoms. The Bertz CT molecular complexity index is 1210. The summed E-state index contributed by atoms with van der Waals surface area (Å²) in [5.74, 6) is 0.753. The summed E-state index contributed by atoms with van der Waals surface area (Å²) in [5, 5.41) is 0. The van der Waals surface area contributed by atoms with Crippen LogP contribution in [0.5, 0.6) is 0 Å². The highest BCUT2D eigenvalue weighted by Gasteiger charge is 2.49. The quantitative estimate of drug-likeness (QED) is 0.310. The Labute approximate surface area is 262 Å². The summed E-state index contributed by atoms with van der Waals surface area (Å²) in [6, 6.07) is 0. The number of allylic oxidation sites excluding steroid dienone is 12. The van der Waals surface area contributed by atoms with Crippen LogP contribution in [0.2, 0.25) is 0 Å². The standard InChI is InChI=1S/3C14H22/c1-10-13(2,3)11-8-6-7-9-12(11)14(10,4)5;2*1-5-14(4)10-13(2,3)11-8-6-7-9-12(11)14/h6,8,10H,7,9H2,1-5H3;7,9H,5-6,8,10H2,1-4H3;6,8H,5,7,9-10H2,1-4H3. The Balaban J connectivity index is 0.000000145. The molecule has 0 fully saturated rings.